The summed E-state index contributed by atoms with van der Waals surface area (Å²) >= 11 is 0. The number of halogens is 2. The number of ether oxygens (including phenoxy) is 1. The van der Waals surface area contributed by atoms with Crippen LogP contribution in [0.15, 0.2) is 48.7 Å². The van der Waals surface area contributed by atoms with Gasteiger partial charge in [-0.25, -0.2) is 8.78 Å². The number of aromatic hydroxyl groups is 1. The Bertz CT molecular complexity index is 1060. The monoisotopic (exact) mass is 439 g/mol. The zero-order valence-corrected chi connectivity index (χ0v) is 18.8. The molecule has 0 spiro atoms. The van der Waals surface area contributed by atoms with Crippen LogP contribution in [0.4, 0.5) is 8.78 Å². The van der Waals surface area contributed by atoms with Crippen LogP contribution in [0, 0.1) is 11.6 Å². The number of hydrogen-bond acceptors (Lipinski definition) is 3. The third kappa shape index (κ3) is 6.36. The van der Waals surface area contributed by atoms with E-state index in [2.05, 4.69) is 18.8 Å². The minimum atomic E-state index is -0.910. The molecule has 0 aliphatic carbocycles. The molecule has 0 bridgehead atoms. The fraction of sp³-hybridized carbons (Fsp3) is 0.370. The molecule has 3 nitrogen and oxygen atoms in total. The molecule has 0 radical (unpaired) electrons. The van der Waals surface area contributed by atoms with Gasteiger partial charge in [-0.05, 0) is 62.3 Å². The highest BCUT2D eigenvalue weighted by atomic mass is 19.2. The maximum Gasteiger partial charge on any atom is 0.168 e. The molecule has 3 aromatic rings. The number of phenolic OH excluding ortho intramolecular Hbond substituents is 1. The summed E-state index contributed by atoms with van der Waals surface area (Å²) in [6, 6.07) is 9.67. The van der Waals surface area contributed by atoms with Crippen molar-refractivity contribution in [3.8, 4) is 17.0 Å². The highest BCUT2D eigenvalue weighted by molar-refractivity contribution is 5.86. The lowest BCUT2D eigenvalue weighted by molar-refractivity contribution is 0.0566. The quantitative estimate of drug-likeness (QED) is 0.312. The summed E-state index contributed by atoms with van der Waals surface area (Å²) in [5.41, 5.74) is 0.688. The summed E-state index contributed by atoms with van der Waals surface area (Å²) in [4.78, 5) is 4.24. The molecule has 0 aliphatic rings. The number of unbranched alkanes of at least 4 members (excludes halogenated alkanes) is 3. The summed E-state index contributed by atoms with van der Waals surface area (Å²) in [6.07, 6.45) is 11.4. The number of hydrogen-bond donors (Lipinski definition) is 1. The van der Waals surface area contributed by atoms with Gasteiger partial charge in [0.05, 0.1) is 11.8 Å². The van der Waals surface area contributed by atoms with E-state index in [0.717, 1.165) is 43.1 Å². The van der Waals surface area contributed by atoms with Crippen molar-refractivity contribution in [2.24, 2.45) is 0 Å². The van der Waals surface area contributed by atoms with Crippen LogP contribution in [0.1, 0.15) is 57.9 Å². The minimum absolute atomic E-state index is 0.115. The van der Waals surface area contributed by atoms with Crippen LogP contribution in [0.25, 0.3) is 28.1 Å². The van der Waals surface area contributed by atoms with E-state index in [9.17, 15) is 13.9 Å². The van der Waals surface area contributed by atoms with Gasteiger partial charge in [0.25, 0.3) is 0 Å². The molecule has 0 fully saturated rings. The second-order valence-electron chi connectivity index (χ2n) is 8.15. The predicted molar refractivity (Wildman–Crippen MR) is 127 cm³/mol. The molecule has 1 heterocycles. The van der Waals surface area contributed by atoms with E-state index in [1.807, 2.05) is 6.08 Å². The summed E-state index contributed by atoms with van der Waals surface area (Å²) < 4.78 is 35.2. The van der Waals surface area contributed by atoms with Gasteiger partial charge in [-0.3, -0.25) is 4.98 Å². The number of allylic oxidation sites excluding steroid dienone is 1. The van der Waals surface area contributed by atoms with Gasteiger partial charge in [0.2, 0.25) is 0 Å². The van der Waals surface area contributed by atoms with Crippen molar-refractivity contribution in [2.45, 2.75) is 58.5 Å². The van der Waals surface area contributed by atoms with Crippen LogP contribution >= 0.6 is 0 Å². The maximum atomic E-state index is 14.8. The average Bonchev–Trinajstić information content (AvgIpc) is 2.79. The van der Waals surface area contributed by atoms with Crippen molar-refractivity contribution in [3.63, 3.8) is 0 Å². The minimum Gasteiger partial charge on any atom is -0.508 e. The average molecular weight is 440 g/mol. The van der Waals surface area contributed by atoms with Crippen LogP contribution in [0.3, 0.4) is 0 Å². The molecule has 1 N–H and O–H groups in total. The van der Waals surface area contributed by atoms with Crippen molar-refractivity contribution >= 4 is 16.8 Å². The fourth-order valence-corrected chi connectivity index (χ4v) is 3.62. The van der Waals surface area contributed by atoms with Gasteiger partial charge >= 0.3 is 0 Å². The largest absolute Gasteiger partial charge is 0.508 e. The van der Waals surface area contributed by atoms with Gasteiger partial charge in [0.1, 0.15) is 5.75 Å². The molecule has 1 unspecified atom stereocenters. The molecule has 1 atom stereocenters. The van der Waals surface area contributed by atoms with Crippen molar-refractivity contribution in [1.29, 1.82) is 0 Å². The van der Waals surface area contributed by atoms with Crippen molar-refractivity contribution in [2.75, 3.05) is 6.61 Å². The topological polar surface area (TPSA) is 42.4 Å². The summed E-state index contributed by atoms with van der Waals surface area (Å²) in [6.45, 7) is 5.05. The normalized spacial score (nSPS) is 12.6. The Morgan fingerprint density at radius 2 is 1.88 bits per heavy atom. The number of benzene rings is 2. The Balaban J connectivity index is 1.59. The SMILES string of the molecule is CCCCCOC(C)CCC/C=C/c1ccc(-c2cc3ccc(O)cc3cn2)c(F)c1F. The molecule has 3 rings (SSSR count). The number of pyridine rings is 1. The molecular weight excluding hydrogens is 408 g/mol. The van der Waals surface area contributed by atoms with Crippen LogP contribution < -0.4 is 0 Å². The molecule has 2 aromatic carbocycles. The number of phenols is 1. The van der Waals surface area contributed by atoms with Crippen molar-refractivity contribution in [1.82, 2.24) is 4.98 Å². The van der Waals surface area contributed by atoms with Crippen LogP contribution in [-0.2, 0) is 4.74 Å². The highest BCUT2D eigenvalue weighted by Crippen LogP contribution is 2.29. The molecule has 0 amide bonds. The Morgan fingerprint density at radius 1 is 1.03 bits per heavy atom. The first kappa shape index (κ1) is 23.9. The van der Waals surface area contributed by atoms with Gasteiger partial charge in [-0.15, -0.1) is 0 Å². The zero-order chi connectivity index (χ0) is 22.9. The summed E-state index contributed by atoms with van der Waals surface area (Å²) in [5.74, 6) is -1.65. The third-order valence-corrected chi connectivity index (χ3v) is 5.52. The summed E-state index contributed by atoms with van der Waals surface area (Å²) in [5, 5.41) is 11.1. The first-order valence-electron chi connectivity index (χ1n) is 11.3. The van der Waals surface area contributed by atoms with E-state index in [0.29, 0.717) is 5.69 Å². The lowest BCUT2D eigenvalue weighted by Gasteiger charge is -2.12. The molecule has 0 saturated carbocycles. The molecular formula is C27H31F2NO2. The molecule has 32 heavy (non-hydrogen) atoms. The second-order valence-corrected chi connectivity index (χ2v) is 8.15. The van der Waals surface area contributed by atoms with Crippen LogP contribution in [-0.4, -0.2) is 22.8 Å². The number of fused-ring (bicyclic) bond motifs is 1. The van der Waals surface area contributed by atoms with Crippen LogP contribution in [0.5, 0.6) is 5.75 Å². The molecule has 170 valence electrons. The van der Waals surface area contributed by atoms with E-state index < -0.39 is 11.6 Å². The van der Waals surface area contributed by atoms with Gasteiger partial charge in [-0.2, -0.15) is 0 Å². The number of nitrogens with zero attached hydrogens (tertiary/aromatic N) is 1. The van der Waals surface area contributed by atoms with E-state index in [-0.39, 0.29) is 23.0 Å². The highest BCUT2D eigenvalue weighted by Gasteiger charge is 2.15. The Kier molecular flexibility index (Phi) is 8.74. The first-order chi connectivity index (χ1) is 15.5. The predicted octanol–water partition coefficient (Wildman–Crippen LogP) is 7.66. The van der Waals surface area contributed by atoms with E-state index >= 15 is 0 Å². The van der Waals surface area contributed by atoms with E-state index in [1.54, 1.807) is 48.7 Å². The Hall–Kier alpha value is -2.79. The number of rotatable bonds is 11. The lowest BCUT2D eigenvalue weighted by atomic mass is 10.0. The smallest absolute Gasteiger partial charge is 0.168 e. The Morgan fingerprint density at radius 3 is 2.69 bits per heavy atom. The van der Waals surface area contributed by atoms with Gasteiger partial charge in [0, 0.05) is 29.3 Å². The van der Waals surface area contributed by atoms with Crippen LogP contribution in [0.2, 0.25) is 0 Å². The van der Waals surface area contributed by atoms with E-state index in [4.69, 9.17) is 4.74 Å². The number of aromatic nitrogens is 1. The van der Waals surface area contributed by atoms with Gasteiger partial charge in [0.15, 0.2) is 11.6 Å². The summed E-state index contributed by atoms with van der Waals surface area (Å²) in [7, 11) is 0. The molecule has 1 aromatic heterocycles. The molecule has 5 heteroatoms. The second kappa shape index (κ2) is 11.7. The van der Waals surface area contributed by atoms with E-state index in [1.165, 1.54) is 12.8 Å². The van der Waals surface area contributed by atoms with Crippen molar-refractivity contribution in [3.05, 3.63) is 65.9 Å². The fourth-order valence-electron chi connectivity index (χ4n) is 3.62. The molecule has 0 aliphatic heterocycles. The first-order valence-corrected chi connectivity index (χ1v) is 11.3. The standard InChI is InChI=1S/C27H31F2NO2/c1-3-4-8-15-32-19(2)9-6-5-7-10-20-12-14-24(27(29)26(20)28)25-17-21-11-13-23(31)16-22(21)18-30-25/h7,10-14,16-19,31H,3-6,8-9,15H2,1-2H3/b10-7+. The maximum absolute atomic E-state index is 14.8. The zero-order valence-electron chi connectivity index (χ0n) is 18.8. The molecule has 0 saturated heterocycles. The third-order valence-electron chi connectivity index (χ3n) is 5.52. The van der Waals surface area contributed by atoms with Crippen molar-refractivity contribution < 1.29 is 18.6 Å². The lowest BCUT2D eigenvalue weighted by Crippen LogP contribution is -2.08. The van der Waals surface area contributed by atoms with Gasteiger partial charge in [-0.1, -0.05) is 44.1 Å². The van der Waals surface area contributed by atoms with Gasteiger partial charge < -0.3 is 9.84 Å². The Labute approximate surface area is 188 Å².